The normalized spacial score (nSPS) is 10.9. The highest BCUT2D eigenvalue weighted by molar-refractivity contribution is 7.17. The Morgan fingerprint density at radius 3 is 2.60 bits per heavy atom. The Hall–Kier alpha value is -3.30. The number of carbonyl (C=O) groups excluding carboxylic acids is 2. The summed E-state index contributed by atoms with van der Waals surface area (Å²) in [6, 6.07) is 11.7. The number of benzene rings is 2. The first-order valence-electron chi connectivity index (χ1n) is 11.7. The van der Waals surface area contributed by atoms with Gasteiger partial charge in [0.05, 0.1) is 6.20 Å². The number of anilines is 3. The van der Waals surface area contributed by atoms with Gasteiger partial charge >= 0.3 is 0 Å². The van der Waals surface area contributed by atoms with E-state index in [9.17, 15) is 14.0 Å². The summed E-state index contributed by atoms with van der Waals surface area (Å²) >= 11 is 1.30. The van der Waals surface area contributed by atoms with Crippen molar-refractivity contribution in [1.82, 2.24) is 9.88 Å². The van der Waals surface area contributed by atoms with Crippen molar-refractivity contribution in [2.75, 3.05) is 42.1 Å². The van der Waals surface area contributed by atoms with Gasteiger partial charge in [0.1, 0.15) is 11.6 Å². The molecule has 0 aliphatic rings. The molecule has 0 spiro atoms. The molecule has 3 aromatic rings. The van der Waals surface area contributed by atoms with Crippen molar-refractivity contribution in [3.05, 3.63) is 70.2 Å². The Kier molecular flexibility index (Phi) is 9.75. The first-order valence-corrected chi connectivity index (χ1v) is 12.6. The number of alkyl halides is 1. The number of aromatic nitrogens is 1. The van der Waals surface area contributed by atoms with E-state index in [0.717, 1.165) is 38.2 Å². The molecule has 1 heterocycles. The number of hydrogen-bond donors (Lipinski definition) is 3. The summed E-state index contributed by atoms with van der Waals surface area (Å²) in [5, 5.41) is 9.70. The number of hydrogen-bond acceptors (Lipinski definition) is 6. The molecule has 0 aliphatic carbocycles. The van der Waals surface area contributed by atoms with E-state index in [1.165, 1.54) is 17.4 Å². The molecule has 186 valence electrons. The van der Waals surface area contributed by atoms with Crippen LogP contribution in [0.4, 0.5) is 20.9 Å². The van der Waals surface area contributed by atoms with Gasteiger partial charge in [-0.15, -0.1) is 0 Å². The van der Waals surface area contributed by atoms with E-state index in [-0.39, 0.29) is 11.8 Å². The van der Waals surface area contributed by atoms with Gasteiger partial charge < -0.3 is 20.9 Å². The zero-order valence-corrected chi connectivity index (χ0v) is 21.2. The van der Waals surface area contributed by atoms with Crippen LogP contribution in [0.25, 0.3) is 0 Å². The number of halogens is 1. The molecule has 2 amide bonds. The highest BCUT2D eigenvalue weighted by Gasteiger charge is 2.14. The third-order valence-electron chi connectivity index (χ3n) is 5.64. The van der Waals surface area contributed by atoms with Crippen molar-refractivity contribution < 1.29 is 14.0 Å². The second-order valence-electron chi connectivity index (χ2n) is 8.11. The molecule has 35 heavy (non-hydrogen) atoms. The minimum absolute atomic E-state index is 0.263. The van der Waals surface area contributed by atoms with Crippen LogP contribution in [0.1, 0.15) is 51.4 Å². The maximum atomic E-state index is 12.9. The molecule has 0 saturated heterocycles. The van der Waals surface area contributed by atoms with Gasteiger partial charge in [-0.2, -0.15) is 0 Å². The number of rotatable bonds is 12. The number of nitrogens with one attached hydrogen (secondary N) is 3. The van der Waals surface area contributed by atoms with Crippen molar-refractivity contribution in [2.45, 2.75) is 33.9 Å². The van der Waals surface area contributed by atoms with E-state index in [4.69, 9.17) is 0 Å². The molecule has 9 heteroatoms. The summed E-state index contributed by atoms with van der Waals surface area (Å²) in [7, 11) is 0. The molecular weight excluding hydrogens is 465 g/mol. The van der Waals surface area contributed by atoms with Gasteiger partial charge in [0.25, 0.3) is 11.8 Å². The molecule has 0 bridgehead atoms. The Morgan fingerprint density at radius 2 is 1.86 bits per heavy atom. The predicted octanol–water partition coefficient (Wildman–Crippen LogP) is 5.57. The highest BCUT2D eigenvalue weighted by atomic mass is 32.1. The maximum Gasteiger partial charge on any atom is 0.267 e. The summed E-state index contributed by atoms with van der Waals surface area (Å²) < 4.78 is 12.9. The van der Waals surface area contributed by atoms with E-state index in [1.54, 1.807) is 36.5 Å². The van der Waals surface area contributed by atoms with Gasteiger partial charge in [0, 0.05) is 23.5 Å². The van der Waals surface area contributed by atoms with Crippen molar-refractivity contribution in [1.29, 1.82) is 0 Å². The largest absolute Gasteiger partial charge is 0.361 e. The summed E-state index contributed by atoms with van der Waals surface area (Å²) in [6.45, 7) is 9.44. The average Bonchev–Trinajstić information content (AvgIpc) is 3.35. The van der Waals surface area contributed by atoms with E-state index in [0.29, 0.717) is 32.5 Å². The summed E-state index contributed by atoms with van der Waals surface area (Å²) in [6.07, 6.45) is 2.56. The van der Waals surface area contributed by atoms with Crippen molar-refractivity contribution >= 4 is 39.7 Å². The molecule has 0 atom stereocenters. The third kappa shape index (κ3) is 7.60. The first-order chi connectivity index (χ1) is 16.9. The van der Waals surface area contributed by atoms with Crippen LogP contribution in [0, 0.1) is 6.92 Å². The Bertz CT molecular complexity index is 1150. The SMILES string of the molecule is CCN(CC)CCCNc1ncc(C(=O)Nc2cc(NC(=O)c3cccc(CF)c3)ccc2C)s1. The summed E-state index contributed by atoms with van der Waals surface area (Å²) in [5.41, 5.74) is 2.79. The van der Waals surface area contributed by atoms with Crippen molar-refractivity contribution in [3.8, 4) is 0 Å². The Labute approximate surface area is 209 Å². The summed E-state index contributed by atoms with van der Waals surface area (Å²) in [5.74, 6) is -0.610. The number of carbonyl (C=O) groups is 2. The van der Waals surface area contributed by atoms with Crippen LogP contribution >= 0.6 is 11.3 Å². The van der Waals surface area contributed by atoms with Crippen LogP contribution in [0.5, 0.6) is 0 Å². The molecule has 3 N–H and O–H groups in total. The Balaban J connectivity index is 1.58. The topological polar surface area (TPSA) is 86.4 Å². The van der Waals surface area contributed by atoms with Crippen LogP contribution in [-0.4, -0.2) is 47.9 Å². The standard InChI is InChI=1S/C26H32FN5O2S/c1-4-32(5-2)13-7-12-28-26-29-17-23(35-26)25(34)31-22-15-21(11-10-18(22)3)30-24(33)20-9-6-8-19(14-20)16-27/h6,8-11,14-15,17H,4-5,7,12-13,16H2,1-3H3,(H,28,29)(H,30,33)(H,31,34). The van der Waals surface area contributed by atoms with Crippen LogP contribution in [0.2, 0.25) is 0 Å². The molecular formula is C26H32FN5O2S. The average molecular weight is 498 g/mol. The monoisotopic (exact) mass is 497 g/mol. The molecule has 1 aromatic heterocycles. The molecule has 7 nitrogen and oxygen atoms in total. The summed E-state index contributed by atoms with van der Waals surface area (Å²) in [4.78, 5) is 32.5. The van der Waals surface area contributed by atoms with Crippen LogP contribution in [0.15, 0.2) is 48.7 Å². The van der Waals surface area contributed by atoms with Crippen molar-refractivity contribution in [2.24, 2.45) is 0 Å². The fourth-order valence-electron chi connectivity index (χ4n) is 3.52. The predicted molar refractivity (Wildman–Crippen MR) is 141 cm³/mol. The number of amides is 2. The van der Waals surface area contributed by atoms with Crippen LogP contribution < -0.4 is 16.0 Å². The molecule has 0 fully saturated rings. The van der Waals surface area contributed by atoms with E-state index in [2.05, 4.69) is 39.7 Å². The van der Waals surface area contributed by atoms with Crippen molar-refractivity contribution in [3.63, 3.8) is 0 Å². The molecule has 0 aliphatic heterocycles. The Morgan fingerprint density at radius 1 is 1.06 bits per heavy atom. The lowest BCUT2D eigenvalue weighted by molar-refractivity contribution is 0.102. The van der Waals surface area contributed by atoms with Gasteiger partial charge in [-0.3, -0.25) is 9.59 Å². The maximum absolute atomic E-state index is 12.9. The quantitative estimate of drug-likeness (QED) is 0.285. The number of aryl methyl sites for hydroxylation is 1. The number of nitrogens with zero attached hydrogens (tertiary/aromatic N) is 2. The van der Waals surface area contributed by atoms with E-state index in [1.807, 2.05) is 13.0 Å². The molecule has 3 rings (SSSR count). The first kappa shape index (κ1) is 26.3. The lowest BCUT2D eigenvalue weighted by Gasteiger charge is -2.17. The van der Waals surface area contributed by atoms with E-state index >= 15 is 0 Å². The van der Waals surface area contributed by atoms with Crippen LogP contribution in [-0.2, 0) is 6.67 Å². The van der Waals surface area contributed by atoms with Gasteiger partial charge in [-0.25, -0.2) is 9.37 Å². The smallest absolute Gasteiger partial charge is 0.267 e. The molecule has 0 unspecified atom stereocenters. The van der Waals surface area contributed by atoms with Crippen LogP contribution in [0.3, 0.4) is 0 Å². The van der Waals surface area contributed by atoms with Gasteiger partial charge in [-0.1, -0.05) is 43.4 Å². The second-order valence-corrected chi connectivity index (χ2v) is 9.14. The zero-order chi connectivity index (χ0) is 25.2. The lowest BCUT2D eigenvalue weighted by atomic mass is 10.1. The van der Waals surface area contributed by atoms with Gasteiger partial charge in [0.15, 0.2) is 5.13 Å². The molecule has 0 saturated carbocycles. The fraction of sp³-hybridized carbons (Fsp3) is 0.346. The second kappa shape index (κ2) is 13.0. The molecule has 0 radical (unpaired) electrons. The minimum Gasteiger partial charge on any atom is -0.361 e. The third-order valence-corrected chi connectivity index (χ3v) is 6.59. The van der Waals surface area contributed by atoms with Gasteiger partial charge in [-0.05, 0) is 68.4 Å². The van der Waals surface area contributed by atoms with Gasteiger partial charge in [0.2, 0.25) is 0 Å². The minimum atomic E-state index is -0.632. The lowest BCUT2D eigenvalue weighted by Crippen LogP contribution is -2.25. The van der Waals surface area contributed by atoms with E-state index < -0.39 is 6.67 Å². The zero-order valence-electron chi connectivity index (χ0n) is 20.4. The number of thiazole rings is 1. The molecule has 2 aromatic carbocycles. The highest BCUT2D eigenvalue weighted by Crippen LogP contribution is 2.24. The fourth-order valence-corrected chi connectivity index (χ4v) is 4.25.